The predicted molar refractivity (Wildman–Crippen MR) is 132 cm³/mol. The Balaban J connectivity index is 1.83. The Bertz CT molecular complexity index is 1180. The molecule has 0 radical (unpaired) electrons. The number of aromatic nitrogens is 3. The van der Waals surface area contributed by atoms with Crippen LogP contribution in [0.1, 0.15) is 37.1 Å². The van der Waals surface area contributed by atoms with Gasteiger partial charge in [0.1, 0.15) is 24.3 Å². The summed E-state index contributed by atoms with van der Waals surface area (Å²) in [6.45, 7) is 8.60. The van der Waals surface area contributed by atoms with Gasteiger partial charge in [-0.3, -0.25) is 4.79 Å². The molecule has 188 valence electrons. The molecule has 2 heterocycles. The van der Waals surface area contributed by atoms with Crippen LogP contribution in [0.4, 0.5) is 5.82 Å². The number of aliphatic hydroxyl groups excluding tert-OH is 2. The van der Waals surface area contributed by atoms with E-state index in [1.807, 2.05) is 57.0 Å². The molecule has 0 aliphatic carbocycles. The lowest BCUT2D eigenvalue weighted by atomic mass is 10.0. The van der Waals surface area contributed by atoms with Gasteiger partial charge in [-0.05, 0) is 62.6 Å². The number of aliphatic hydroxyl groups is 2. The van der Waals surface area contributed by atoms with E-state index in [2.05, 4.69) is 22.0 Å². The molecule has 1 unspecified atom stereocenters. The summed E-state index contributed by atoms with van der Waals surface area (Å²) in [7, 11) is 1.97. The van der Waals surface area contributed by atoms with Crippen LogP contribution in [-0.2, 0) is 11.2 Å². The van der Waals surface area contributed by atoms with Crippen LogP contribution in [0.2, 0.25) is 0 Å². The van der Waals surface area contributed by atoms with E-state index in [-0.39, 0.29) is 13.0 Å². The summed E-state index contributed by atoms with van der Waals surface area (Å²) in [4.78, 5) is 22.2. The normalized spacial score (nSPS) is 12.9. The van der Waals surface area contributed by atoms with Crippen LogP contribution < -0.4 is 15.4 Å². The molecule has 0 aliphatic heterocycles. The number of nitrogens with two attached hydrogens (primary N) is 1. The number of carbonyl (C=O) groups is 1. The van der Waals surface area contributed by atoms with Crippen LogP contribution >= 0.6 is 0 Å². The lowest BCUT2D eigenvalue weighted by Gasteiger charge is -2.18. The van der Waals surface area contributed by atoms with E-state index in [9.17, 15) is 15.0 Å². The maximum Gasteiger partial charge on any atom is 0.258 e. The smallest absolute Gasteiger partial charge is 0.258 e. The lowest BCUT2D eigenvalue weighted by molar-refractivity contribution is -0.127. The molecule has 3 rings (SSSR count). The van der Waals surface area contributed by atoms with Crippen molar-refractivity contribution < 1.29 is 24.3 Å². The second-order valence-corrected chi connectivity index (χ2v) is 8.55. The minimum atomic E-state index is -1.42. The maximum atomic E-state index is 11.0. The SMILES string of the molecule is CCc1cc(-c2noc(-c3cc(C)nc(N(C)CC)c3)n2)cc(C)c1OC[C@H](O)CC(O)C(N)=O. The maximum absolute atomic E-state index is 11.0. The number of anilines is 1. The largest absolute Gasteiger partial charge is 0.490 e. The fourth-order valence-corrected chi connectivity index (χ4v) is 3.66. The van der Waals surface area contributed by atoms with Gasteiger partial charge in [-0.25, -0.2) is 4.98 Å². The van der Waals surface area contributed by atoms with Crippen molar-refractivity contribution in [3.8, 4) is 28.6 Å². The van der Waals surface area contributed by atoms with Crippen LogP contribution in [-0.4, -0.2) is 63.7 Å². The molecule has 35 heavy (non-hydrogen) atoms. The average Bonchev–Trinajstić information content (AvgIpc) is 3.32. The Morgan fingerprint density at radius 2 is 1.89 bits per heavy atom. The van der Waals surface area contributed by atoms with Gasteiger partial charge >= 0.3 is 0 Å². The Morgan fingerprint density at radius 3 is 2.54 bits per heavy atom. The Hall–Kier alpha value is -3.50. The van der Waals surface area contributed by atoms with Crippen molar-refractivity contribution in [1.82, 2.24) is 15.1 Å². The molecule has 0 fully saturated rings. The Labute approximate surface area is 204 Å². The second kappa shape index (κ2) is 11.3. The number of pyridine rings is 1. The molecule has 0 saturated carbocycles. The number of amides is 1. The molecule has 10 nitrogen and oxygen atoms in total. The monoisotopic (exact) mass is 483 g/mol. The molecule has 2 atom stereocenters. The molecule has 10 heteroatoms. The molecule has 1 amide bonds. The molecule has 4 N–H and O–H groups in total. The Morgan fingerprint density at radius 1 is 1.14 bits per heavy atom. The van der Waals surface area contributed by atoms with Crippen molar-refractivity contribution in [3.05, 3.63) is 41.1 Å². The third-order valence-electron chi connectivity index (χ3n) is 5.71. The van der Waals surface area contributed by atoms with Gasteiger partial charge < -0.3 is 30.1 Å². The van der Waals surface area contributed by atoms with Crippen molar-refractivity contribution in [2.24, 2.45) is 5.73 Å². The van der Waals surface area contributed by atoms with Crippen molar-refractivity contribution in [2.45, 2.75) is 52.7 Å². The van der Waals surface area contributed by atoms with Crippen LogP contribution in [0.25, 0.3) is 22.8 Å². The number of ether oxygens (including phenoxy) is 1. The molecule has 0 saturated heterocycles. The van der Waals surface area contributed by atoms with Gasteiger partial charge in [-0.2, -0.15) is 4.98 Å². The topological polar surface area (TPSA) is 148 Å². The summed E-state index contributed by atoms with van der Waals surface area (Å²) >= 11 is 0. The molecule has 3 aromatic rings. The first kappa shape index (κ1) is 26.1. The molecular weight excluding hydrogens is 450 g/mol. The van der Waals surface area contributed by atoms with Gasteiger partial charge in [0.2, 0.25) is 11.7 Å². The number of nitrogens with zero attached hydrogens (tertiary/aromatic N) is 4. The van der Waals surface area contributed by atoms with Crippen molar-refractivity contribution >= 4 is 11.7 Å². The average molecular weight is 484 g/mol. The number of aryl methyl sites for hydroxylation is 3. The number of hydrogen-bond acceptors (Lipinski definition) is 9. The number of primary amides is 1. The first-order valence-electron chi connectivity index (χ1n) is 11.6. The zero-order chi connectivity index (χ0) is 25.7. The number of hydrogen-bond donors (Lipinski definition) is 3. The van der Waals surface area contributed by atoms with Gasteiger partial charge in [-0.1, -0.05) is 12.1 Å². The molecular formula is C25H33N5O5. The second-order valence-electron chi connectivity index (χ2n) is 8.55. The fourth-order valence-electron chi connectivity index (χ4n) is 3.66. The molecule has 1 aromatic carbocycles. The van der Waals surface area contributed by atoms with E-state index in [4.69, 9.17) is 15.0 Å². The van der Waals surface area contributed by atoms with Gasteiger partial charge in [0.05, 0.1) is 6.10 Å². The molecule has 0 bridgehead atoms. The standard InChI is InChI=1S/C25H33N5O5/c1-6-16-10-17(8-14(3)22(16)34-13-19(31)12-20(32)23(26)33)24-28-25(35-29-24)18-9-15(4)27-21(11-18)30(5)7-2/h8-11,19-20,31-32H,6-7,12-13H2,1-5H3,(H2,26,33)/t19-,20?/m1/s1. The van der Waals surface area contributed by atoms with E-state index >= 15 is 0 Å². The molecule has 0 aliphatic rings. The van der Waals surface area contributed by atoms with Gasteiger partial charge in [0, 0.05) is 36.8 Å². The third-order valence-corrected chi connectivity index (χ3v) is 5.71. The third kappa shape index (κ3) is 6.34. The van der Waals surface area contributed by atoms with Crippen molar-refractivity contribution in [1.29, 1.82) is 0 Å². The van der Waals surface area contributed by atoms with Crippen LogP contribution in [0.5, 0.6) is 5.75 Å². The highest BCUT2D eigenvalue weighted by Crippen LogP contribution is 2.32. The number of rotatable bonds is 11. The summed E-state index contributed by atoms with van der Waals surface area (Å²) in [6.07, 6.45) is -1.98. The summed E-state index contributed by atoms with van der Waals surface area (Å²) in [6, 6.07) is 7.65. The van der Waals surface area contributed by atoms with Crippen LogP contribution in [0.15, 0.2) is 28.8 Å². The first-order chi connectivity index (χ1) is 16.6. The van der Waals surface area contributed by atoms with E-state index in [1.54, 1.807) is 0 Å². The Kier molecular flexibility index (Phi) is 8.42. The molecule has 0 spiro atoms. The highest BCUT2D eigenvalue weighted by atomic mass is 16.5. The lowest BCUT2D eigenvalue weighted by Crippen LogP contribution is -2.33. The highest BCUT2D eigenvalue weighted by Gasteiger charge is 2.20. The summed E-state index contributed by atoms with van der Waals surface area (Å²) < 4.78 is 11.4. The zero-order valence-corrected chi connectivity index (χ0v) is 20.8. The van der Waals surface area contributed by atoms with Crippen molar-refractivity contribution in [3.63, 3.8) is 0 Å². The number of benzene rings is 1. The van der Waals surface area contributed by atoms with E-state index < -0.39 is 18.1 Å². The van der Waals surface area contributed by atoms with Crippen molar-refractivity contribution in [2.75, 3.05) is 25.1 Å². The summed E-state index contributed by atoms with van der Waals surface area (Å²) in [5, 5.41) is 23.8. The quantitative estimate of drug-likeness (QED) is 0.374. The van der Waals surface area contributed by atoms with Crippen LogP contribution in [0, 0.1) is 13.8 Å². The first-order valence-corrected chi connectivity index (χ1v) is 11.6. The molecule has 2 aromatic heterocycles. The predicted octanol–water partition coefficient (Wildman–Crippen LogP) is 2.41. The minimum Gasteiger partial charge on any atom is -0.490 e. The van der Waals surface area contributed by atoms with Gasteiger partial charge in [0.15, 0.2) is 0 Å². The van der Waals surface area contributed by atoms with E-state index in [1.165, 1.54) is 0 Å². The summed E-state index contributed by atoms with van der Waals surface area (Å²) in [5.41, 5.74) is 9.21. The van der Waals surface area contributed by atoms with Crippen LogP contribution in [0.3, 0.4) is 0 Å². The highest BCUT2D eigenvalue weighted by molar-refractivity contribution is 5.78. The zero-order valence-electron chi connectivity index (χ0n) is 20.8. The minimum absolute atomic E-state index is 0.0835. The fraction of sp³-hybridized carbons (Fsp3) is 0.440. The summed E-state index contributed by atoms with van der Waals surface area (Å²) in [5.74, 6) is 1.44. The van der Waals surface area contributed by atoms with Gasteiger partial charge in [-0.15, -0.1) is 0 Å². The van der Waals surface area contributed by atoms with E-state index in [0.29, 0.717) is 23.9 Å². The van der Waals surface area contributed by atoms with Gasteiger partial charge in [0.25, 0.3) is 5.89 Å². The van der Waals surface area contributed by atoms with E-state index in [0.717, 1.165) is 40.3 Å². The number of carbonyl (C=O) groups excluding carboxylic acids is 1.